The molecule has 390 valence electrons. The molecule has 14 rings (SSSR count). The van der Waals surface area contributed by atoms with Crippen LogP contribution in [0.5, 0.6) is 0 Å². The molecule has 0 unspecified atom stereocenters. The molecule has 81 heavy (non-hydrogen) atoms. The number of nitrogens with zero attached hydrogens (tertiary/aromatic N) is 8. The Labute approximate surface area is 481 Å². The quantitative estimate of drug-likeness (QED) is 0.0525. The van der Waals surface area contributed by atoms with Gasteiger partial charge in [0, 0.05) is 58.5 Å². The lowest BCUT2D eigenvalue weighted by molar-refractivity contribution is 0.803. The Kier molecular flexibility index (Phi) is 12.9. The average molecular weight is 1110 g/mol. The molecule has 0 saturated carbocycles. The molecule has 15 heteroatoms. The van der Waals surface area contributed by atoms with Crippen LogP contribution >= 0.6 is 35.3 Å². The molecule has 10 aromatic carbocycles. The molecular formula is C66H48N12S3. The maximum Gasteiger partial charge on any atom is 0.113 e. The average Bonchev–Trinajstić information content (AvgIpc) is 4.15. The summed E-state index contributed by atoms with van der Waals surface area (Å²) in [6, 6.07) is 80.9. The number of hydrogen-bond donors (Lipinski definition) is 4. The molecule has 0 saturated heterocycles. The molecule has 0 atom stereocenters. The Morgan fingerprint density at radius 2 is 0.864 bits per heavy atom. The van der Waals surface area contributed by atoms with Crippen molar-refractivity contribution >= 4 is 109 Å². The number of para-hydroxylation sites is 12. The highest BCUT2D eigenvalue weighted by atomic mass is 32.2. The van der Waals surface area contributed by atoms with E-state index in [2.05, 4.69) is 195 Å². The number of rotatable bonds is 12. The smallest absolute Gasteiger partial charge is 0.113 e. The molecule has 11 aromatic rings. The summed E-state index contributed by atoms with van der Waals surface area (Å²) in [5.41, 5.74) is 30.8. The minimum atomic E-state index is 0.351. The summed E-state index contributed by atoms with van der Waals surface area (Å²) >= 11 is 5.27. The van der Waals surface area contributed by atoms with Crippen molar-refractivity contribution in [3.05, 3.63) is 266 Å². The van der Waals surface area contributed by atoms with E-state index < -0.39 is 0 Å². The molecule has 0 aliphatic carbocycles. The fourth-order valence-electron chi connectivity index (χ4n) is 10.6. The van der Waals surface area contributed by atoms with E-state index in [-0.39, 0.29) is 0 Å². The summed E-state index contributed by atoms with van der Waals surface area (Å²) in [5, 5.41) is 18.9. The lowest BCUT2D eigenvalue weighted by Gasteiger charge is -2.35. The summed E-state index contributed by atoms with van der Waals surface area (Å²) in [7, 11) is 0. The fourth-order valence-corrected chi connectivity index (χ4v) is 13.8. The largest absolute Gasteiger partial charge is 0.397 e. The number of benzene rings is 10. The van der Waals surface area contributed by atoms with Gasteiger partial charge in [-0.15, -0.1) is 5.10 Å². The normalized spacial score (nSPS) is 13.3. The highest BCUT2D eigenvalue weighted by Crippen LogP contribution is 2.55. The lowest BCUT2D eigenvalue weighted by Crippen LogP contribution is -2.28. The van der Waals surface area contributed by atoms with Crippen molar-refractivity contribution < 1.29 is 0 Å². The third kappa shape index (κ3) is 9.13. The van der Waals surface area contributed by atoms with Gasteiger partial charge in [0.05, 0.1) is 80.1 Å². The molecule has 4 heterocycles. The van der Waals surface area contributed by atoms with E-state index in [4.69, 9.17) is 27.4 Å². The van der Waals surface area contributed by atoms with Gasteiger partial charge in [0.2, 0.25) is 0 Å². The van der Waals surface area contributed by atoms with Crippen LogP contribution in [0.25, 0.3) is 28.3 Å². The first-order valence-corrected chi connectivity index (χ1v) is 28.6. The zero-order valence-electron chi connectivity index (χ0n) is 43.2. The fraction of sp³-hybridized carbons (Fsp3) is 0. The number of hydrazine groups is 1. The van der Waals surface area contributed by atoms with Crippen molar-refractivity contribution in [3.8, 4) is 16.9 Å². The Balaban J connectivity index is 0.867. The third-order valence-corrected chi connectivity index (χ3v) is 17.7. The van der Waals surface area contributed by atoms with Crippen molar-refractivity contribution in [1.29, 1.82) is 5.53 Å². The van der Waals surface area contributed by atoms with Crippen LogP contribution < -0.4 is 36.6 Å². The van der Waals surface area contributed by atoms with Crippen LogP contribution in [0.2, 0.25) is 0 Å². The monoisotopic (exact) mass is 1100 g/mol. The zero-order valence-corrected chi connectivity index (χ0v) is 45.7. The zero-order chi connectivity index (χ0) is 54.4. The summed E-state index contributed by atoms with van der Waals surface area (Å²) in [6.45, 7) is 0. The van der Waals surface area contributed by atoms with Gasteiger partial charge < -0.3 is 25.8 Å². The maximum absolute atomic E-state index is 8.74. The van der Waals surface area contributed by atoms with Crippen LogP contribution in [0.4, 0.5) is 62.6 Å². The molecule has 0 bridgehead atoms. The molecule has 6 N–H and O–H groups in total. The second-order valence-corrected chi connectivity index (χ2v) is 22.5. The molecule has 0 fully saturated rings. The van der Waals surface area contributed by atoms with Crippen LogP contribution in [-0.4, -0.2) is 15.0 Å². The maximum atomic E-state index is 8.74. The van der Waals surface area contributed by atoms with E-state index in [0.29, 0.717) is 33.8 Å². The highest BCUT2D eigenvalue weighted by Gasteiger charge is 2.30. The Morgan fingerprint density at radius 1 is 0.469 bits per heavy atom. The molecule has 0 radical (unpaired) electrons. The van der Waals surface area contributed by atoms with E-state index >= 15 is 0 Å². The highest BCUT2D eigenvalue weighted by molar-refractivity contribution is 8.00. The van der Waals surface area contributed by atoms with Crippen molar-refractivity contribution in [2.75, 3.05) is 25.0 Å². The standard InChI is InChI=1S/C66H48N12S3/c67-46(41-74(69)51-21-3-5-23-53(51)77-57-27-9-15-33-63(57)80-64-34-16-10-28-58(64)77)43-37-44(48(71-68)40-70-47-19-1-2-20-50(47)76-55-25-7-13-31-61(55)79-62-32-14-8-26-56(62)76)39-45(38-43)49-42-75(73-72-49)52-22-4-6-24-54(52)78-59-29-11-17-35-65(59)81-66-36-18-12-30-60(66)78/h1-42,68,70H,67,69H2/b46-41-,48-40-,71-68?. The van der Waals surface area contributed by atoms with Crippen molar-refractivity contribution in [2.45, 2.75) is 29.4 Å². The first-order valence-electron chi connectivity index (χ1n) is 26.2. The van der Waals surface area contributed by atoms with Gasteiger partial charge in [0.1, 0.15) is 11.4 Å². The van der Waals surface area contributed by atoms with E-state index in [0.717, 1.165) is 97.6 Å². The van der Waals surface area contributed by atoms with Crippen LogP contribution in [0.15, 0.2) is 290 Å². The summed E-state index contributed by atoms with van der Waals surface area (Å²) < 4.78 is 1.82. The van der Waals surface area contributed by atoms with Gasteiger partial charge in [-0.25, -0.2) is 16.1 Å². The van der Waals surface area contributed by atoms with Gasteiger partial charge in [-0.3, -0.25) is 5.01 Å². The lowest BCUT2D eigenvalue weighted by atomic mass is 10.0. The van der Waals surface area contributed by atoms with Gasteiger partial charge in [-0.1, -0.05) is 150 Å². The first kappa shape index (κ1) is 49.5. The van der Waals surface area contributed by atoms with Gasteiger partial charge in [0.25, 0.3) is 0 Å². The SMILES string of the molecule is N=N/C(=C\Nc1ccccc1N1c2ccccc2Sc2ccccc21)c1cc(/C(N)=C/N(N)c2ccccc2N2c3ccccc3Sc3ccccc32)cc(-c2cn(-c3ccccc3N3c4ccccc4Sc4ccccc43)nn2)c1. The van der Waals surface area contributed by atoms with Crippen LogP contribution in [0.1, 0.15) is 11.1 Å². The van der Waals surface area contributed by atoms with Gasteiger partial charge >= 0.3 is 0 Å². The molecule has 0 amide bonds. The topological polar surface area (TPSA) is 144 Å². The van der Waals surface area contributed by atoms with E-state index in [1.165, 1.54) is 0 Å². The Morgan fingerprint density at radius 3 is 1.37 bits per heavy atom. The first-order chi connectivity index (χ1) is 40.0. The van der Waals surface area contributed by atoms with Crippen LogP contribution in [-0.2, 0) is 0 Å². The van der Waals surface area contributed by atoms with E-state index in [1.807, 2.05) is 77.6 Å². The summed E-state index contributed by atoms with van der Waals surface area (Å²) in [4.78, 5) is 13.7. The molecule has 0 spiro atoms. The number of nitrogens with two attached hydrogens (primary N) is 2. The number of fused-ring (bicyclic) bond motifs is 6. The molecular weight excluding hydrogens is 1060 g/mol. The van der Waals surface area contributed by atoms with Crippen LogP contribution in [0, 0.1) is 5.53 Å². The molecule has 1 aromatic heterocycles. The Hall–Kier alpha value is -9.77. The second kappa shape index (κ2) is 21.1. The van der Waals surface area contributed by atoms with Crippen molar-refractivity contribution in [1.82, 2.24) is 15.0 Å². The number of anilines is 11. The molecule has 12 nitrogen and oxygen atoms in total. The number of nitrogens with one attached hydrogen (secondary N) is 2. The minimum Gasteiger partial charge on any atom is -0.397 e. The van der Waals surface area contributed by atoms with Crippen LogP contribution in [0.3, 0.4) is 0 Å². The number of hydrogen-bond acceptors (Lipinski definition) is 14. The summed E-state index contributed by atoms with van der Waals surface area (Å²) in [5.74, 6) is 7.14. The van der Waals surface area contributed by atoms with Crippen molar-refractivity contribution in [3.63, 3.8) is 0 Å². The number of aromatic nitrogens is 3. The van der Waals surface area contributed by atoms with E-state index in [1.54, 1.807) is 52.7 Å². The van der Waals surface area contributed by atoms with Crippen molar-refractivity contribution in [2.24, 2.45) is 16.7 Å². The van der Waals surface area contributed by atoms with Gasteiger partial charge in [0.15, 0.2) is 0 Å². The minimum absolute atomic E-state index is 0.351. The molecule has 3 aliphatic heterocycles. The second-order valence-electron chi connectivity index (χ2n) is 19.2. The Bertz CT molecular complexity index is 4190. The van der Waals surface area contributed by atoms with Gasteiger partial charge in [-0.05, 0) is 127 Å². The molecule has 3 aliphatic rings. The third-order valence-electron chi connectivity index (χ3n) is 14.3. The van der Waals surface area contributed by atoms with Gasteiger partial charge in [-0.2, -0.15) is 5.11 Å². The predicted octanol–water partition coefficient (Wildman–Crippen LogP) is 17.8. The predicted molar refractivity (Wildman–Crippen MR) is 332 cm³/mol. The van der Waals surface area contributed by atoms with E-state index in [9.17, 15) is 0 Å². The summed E-state index contributed by atoms with van der Waals surface area (Å²) in [6.07, 6.45) is 5.43.